The molecule has 0 saturated carbocycles. The molecule has 0 aromatic heterocycles. The molecule has 3 heterocycles. The van der Waals surface area contributed by atoms with E-state index in [9.17, 15) is 45.0 Å². The van der Waals surface area contributed by atoms with E-state index in [1.165, 1.54) is 50.5 Å². The third-order valence-corrected chi connectivity index (χ3v) is 8.26. The van der Waals surface area contributed by atoms with Crippen LogP contribution in [0.25, 0.3) is 0 Å². The van der Waals surface area contributed by atoms with E-state index in [1.807, 2.05) is 0 Å². The van der Waals surface area contributed by atoms with Crippen LogP contribution >= 0.6 is 0 Å². The highest BCUT2D eigenvalue weighted by Crippen LogP contribution is 2.51. The van der Waals surface area contributed by atoms with Gasteiger partial charge in [-0.25, -0.2) is 9.59 Å². The van der Waals surface area contributed by atoms with Gasteiger partial charge < -0.3 is 59.1 Å². The number of hydrogen-bond acceptors (Lipinski definition) is 15. The number of esters is 3. The molecule has 45 heavy (non-hydrogen) atoms. The number of carbonyl (C=O) groups excluding carboxylic acids is 3. The van der Waals surface area contributed by atoms with Gasteiger partial charge in [-0.05, 0) is 36.8 Å². The fraction of sp³-hybridized carbons (Fsp3) is 0.500. The van der Waals surface area contributed by atoms with Crippen molar-refractivity contribution >= 4 is 17.9 Å². The van der Waals surface area contributed by atoms with Crippen molar-refractivity contribution in [3.05, 3.63) is 65.5 Å². The van der Waals surface area contributed by atoms with Crippen LogP contribution in [0.4, 0.5) is 0 Å². The quantitative estimate of drug-likeness (QED) is 0.109. The number of aliphatic hydroxyl groups excluding tert-OH is 5. The van der Waals surface area contributed by atoms with E-state index in [0.717, 1.165) is 6.26 Å². The Balaban J connectivity index is 1.37. The van der Waals surface area contributed by atoms with Crippen molar-refractivity contribution in [1.29, 1.82) is 0 Å². The molecule has 1 fully saturated rings. The minimum absolute atomic E-state index is 0.00986. The number of benzene rings is 1. The highest BCUT2D eigenvalue weighted by atomic mass is 16.8. The predicted octanol–water partition coefficient (Wildman–Crippen LogP) is -0.999. The van der Waals surface area contributed by atoms with Gasteiger partial charge in [-0.2, -0.15) is 0 Å². The SMILES string of the molecule is COC(=O)C1=COC(O[C@@H]2O[C@H](CO)[C@@H](O)[C@H](O)[C@H]2O)C2C1C=CC21C=C(C(C)OC(=O)CC(O)c2ccc(O)cc2)C(=O)O1. The van der Waals surface area contributed by atoms with Crippen LogP contribution in [0, 0.1) is 11.8 Å². The molecule has 6 unspecified atom stereocenters. The molecule has 15 nitrogen and oxygen atoms in total. The number of methoxy groups -OCH3 is 1. The lowest BCUT2D eigenvalue weighted by atomic mass is 9.78. The molecule has 11 atom stereocenters. The van der Waals surface area contributed by atoms with E-state index in [0.29, 0.717) is 5.56 Å². The molecule has 1 aromatic rings. The van der Waals surface area contributed by atoms with Crippen LogP contribution in [-0.4, -0.2) is 111 Å². The van der Waals surface area contributed by atoms with Crippen molar-refractivity contribution in [2.75, 3.05) is 13.7 Å². The molecule has 3 aliphatic heterocycles. The maximum absolute atomic E-state index is 13.2. The van der Waals surface area contributed by atoms with E-state index in [-0.39, 0.29) is 16.9 Å². The summed E-state index contributed by atoms with van der Waals surface area (Å²) in [5, 5.41) is 60.3. The fourth-order valence-electron chi connectivity index (χ4n) is 5.84. The Hall–Kier alpha value is -3.83. The van der Waals surface area contributed by atoms with Gasteiger partial charge >= 0.3 is 17.9 Å². The molecule has 1 aliphatic carbocycles. The molecule has 1 aromatic carbocycles. The Kier molecular flexibility index (Phi) is 9.32. The number of rotatable bonds is 9. The Morgan fingerprint density at radius 3 is 2.44 bits per heavy atom. The zero-order chi connectivity index (χ0) is 32.6. The summed E-state index contributed by atoms with van der Waals surface area (Å²) >= 11 is 0. The highest BCUT2D eigenvalue weighted by molar-refractivity contribution is 5.94. The van der Waals surface area contributed by atoms with Gasteiger partial charge in [-0.3, -0.25) is 4.79 Å². The second-order valence-electron chi connectivity index (χ2n) is 11.1. The Bertz CT molecular complexity index is 1380. The summed E-state index contributed by atoms with van der Waals surface area (Å²) in [4.78, 5) is 38.4. The number of phenolic OH excluding ortho intramolecular Hbond substituents is 1. The van der Waals surface area contributed by atoms with Crippen molar-refractivity contribution in [2.45, 2.75) is 68.1 Å². The van der Waals surface area contributed by atoms with Crippen LogP contribution in [0.1, 0.15) is 25.0 Å². The van der Waals surface area contributed by atoms with E-state index in [1.54, 1.807) is 6.08 Å². The normalized spacial score (nSPS) is 35.0. The second-order valence-corrected chi connectivity index (χ2v) is 11.1. The smallest absolute Gasteiger partial charge is 0.338 e. The van der Waals surface area contributed by atoms with Crippen molar-refractivity contribution < 1.29 is 73.4 Å². The molecular weight excluding hydrogens is 600 g/mol. The minimum Gasteiger partial charge on any atom is -0.508 e. The third kappa shape index (κ3) is 6.20. The van der Waals surface area contributed by atoms with Gasteiger partial charge in [0.1, 0.15) is 36.3 Å². The Labute approximate surface area is 256 Å². The third-order valence-electron chi connectivity index (χ3n) is 8.26. The first kappa shape index (κ1) is 32.6. The molecule has 0 radical (unpaired) electrons. The monoisotopic (exact) mass is 634 g/mol. The molecular formula is C30H34O15. The average Bonchev–Trinajstić information content (AvgIpc) is 3.56. The molecule has 1 saturated heterocycles. The molecule has 0 amide bonds. The minimum atomic E-state index is -1.77. The van der Waals surface area contributed by atoms with Crippen LogP contribution in [0.15, 0.2) is 59.9 Å². The first-order chi connectivity index (χ1) is 21.4. The summed E-state index contributed by atoms with van der Waals surface area (Å²) in [6, 6.07) is 5.62. The number of ether oxygens (including phenoxy) is 6. The van der Waals surface area contributed by atoms with Gasteiger partial charge in [0.25, 0.3) is 0 Å². The summed E-state index contributed by atoms with van der Waals surface area (Å²) in [5.41, 5.74) is -1.22. The number of fused-ring (bicyclic) bond motifs is 2. The predicted molar refractivity (Wildman–Crippen MR) is 146 cm³/mol. The van der Waals surface area contributed by atoms with E-state index in [2.05, 4.69) is 0 Å². The number of allylic oxidation sites excluding steroid dienone is 1. The highest BCUT2D eigenvalue weighted by Gasteiger charge is 2.60. The Morgan fingerprint density at radius 2 is 1.78 bits per heavy atom. The lowest BCUT2D eigenvalue weighted by Crippen LogP contribution is -2.60. The second kappa shape index (κ2) is 12.9. The van der Waals surface area contributed by atoms with Crippen LogP contribution in [0.5, 0.6) is 5.75 Å². The molecule has 244 valence electrons. The topological polar surface area (TPSA) is 228 Å². The average molecular weight is 635 g/mol. The lowest BCUT2D eigenvalue weighted by Gasteiger charge is -2.44. The molecule has 5 rings (SSSR count). The van der Waals surface area contributed by atoms with E-state index >= 15 is 0 Å². The molecule has 1 spiro atoms. The van der Waals surface area contributed by atoms with Crippen molar-refractivity contribution in [3.8, 4) is 5.75 Å². The molecule has 0 bridgehead atoms. The molecule has 6 N–H and O–H groups in total. The zero-order valence-electron chi connectivity index (χ0n) is 24.2. The molecule has 15 heteroatoms. The van der Waals surface area contributed by atoms with Gasteiger partial charge in [0.2, 0.25) is 6.29 Å². The summed E-state index contributed by atoms with van der Waals surface area (Å²) < 4.78 is 33.1. The number of phenols is 1. The van der Waals surface area contributed by atoms with Crippen LogP contribution in [-0.2, 0) is 42.8 Å². The largest absolute Gasteiger partial charge is 0.508 e. The number of carbonyl (C=O) groups is 3. The molecule has 4 aliphatic rings. The maximum Gasteiger partial charge on any atom is 0.338 e. The summed E-state index contributed by atoms with van der Waals surface area (Å²) in [6.45, 7) is 0.735. The zero-order valence-corrected chi connectivity index (χ0v) is 24.2. The van der Waals surface area contributed by atoms with Crippen molar-refractivity contribution in [3.63, 3.8) is 0 Å². The van der Waals surface area contributed by atoms with Crippen molar-refractivity contribution in [1.82, 2.24) is 0 Å². The van der Waals surface area contributed by atoms with Gasteiger partial charge in [-0.1, -0.05) is 18.2 Å². The number of hydrogen-bond donors (Lipinski definition) is 6. The van der Waals surface area contributed by atoms with Gasteiger partial charge in [0.15, 0.2) is 11.9 Å². The van der Waals surface area contributed by atoms with E-state index < -0.39 is 97.6 Å². The standard InChI is InChI=1S/C30H34O15/c1-13(42-21(34)9-19(33)14-3-5-15(32)6-4-14)17-10-30(45-27(17)39)8-7-16-18(26(38)40-2)12-41-28(22(16)30)44-29-25(37)24(36)23(35)20(11-31)43-29/h3-8,10,12-13,16,19-20,22-25,28-29,31-33,35-37H,9,11H2,1-2H3/t13?,16?,19?,20-,22?,23-,24+,25-,28?,29+,30?/m1/s1. The summed E-state index contributed by atoms with van der Waals surface area (Å²) in [5.74, 6) is -4.24. The van der Waals surface area contributed by atoms with Gasteiger partial charge in [-0.15, -0.1) is 0 Å². The van der Waals surface area contributed by atoms with E-state index in [4.69, 9.17) is 28.4 Å². The fourth-order valence-corrected chi connectivity index (χ4v) is 5.84. The number of aliphatic hydroxyl groups is 5. The lowest BCUT2D eigenvalue weighted by molar-refractivity contribution is -0.344. The summed E-state index contributed by atoms with van der Waals surface area (Å²) in [7, 11) is 1.17. The first-order valence-corrected chi connectivity index (χ1v) is 14.1. The first-order valence-electron chi connectivity index (χ1n) is 14.1. The van der Waals surface area contributed by atoms with Crippen LogP contribution in [0.2, 0.25) is 0 Å². The van der Waals surface area contributed by atoms with Gasteiger partial charge in [0, 0.05) is 5.92 Å². The maximum atomic E-state index is 13.2. The van der Waals surface area contributed by atoms with Crippen molar-refractivity contribution in [2.24, 2.45) is 11.8 Å². The van der Waals surface area contributed by atoms with Gasteiger partial charge in [0.05, 0.1) is 49.6 Å². The van der Waals surface area contributed by atoms with Crippen LogP contribution < -0.4 is 0 Å². The van der Waals surface area contributed by atoms with Crippen LogP contribution in [0.3, 0.4) is 0 Å². The number of aromatic hydroxyl groups is 1. The summed E-state index contributed by atoms with van der Waals surface area (Å²) in [6.07, 6.45) is -6.65. The Morgan fingerprint density at radius 1 is 1.07 bits per heavy atom.